The van der Waals surface area contributed by atoms with Gasteiger partial charge in [-0.15, -0.1) is 0 Å². The number of H-pyrrole nitrogens is 1. The zero-order valence-corrected chi connectivity index (χ0v) is 14.2. The Morgan fingerprint density at radius 2 is 1.79 bits per heavy atom. The predicted octanol–water partition coefficient (Wildman–Crippen LogP) is 5.57. The molecule has 0 spiro atoms. The molecule has 0 radical (unpaired) electrons. The van der Waals surface area contributed by atoms with E-state index < -0.39 is 0 Å². The molecule has 24 heavy (non-hydrogen) atoms. The largest absolute Gasteiger partial charge is 0.358 e. The Kier molecular flexibility index (Phi) is 4.44. The van der Waals surface area contributed by atoms with E-state index in [1.54, 1.807) is 18.2 Å². The lowest BCUT2D eigenvalue weighted by molar-refractivity contribution is 0.104. The lowest BCUT2D eigenvalue weighted by atomic mass is 9.99. The van der Waals surface area contributed by atoms with Gasteiger partial charge in [-0.1, -0.05) is 47.5 Å². The highest BCUT2D eigenvalue weighted by Crippen LogP contribution is 2.29. The average Bonchev–Trinajstić information content (AvgIpc) is 2.90. The molecule has 118 valence electrons. The lowest BCUT2D eigenvalue weighted by Gasteiger charge is -2.04. The van der Waals surface area contributed by atoms with Crippen molar-refractivity contribution in [1.82, 2.24) is 4.98 Å². The van der Waals surface area contributed by atoms with Crippen LogP contribution in [0.2, 0.25) is 10.0 Å². The topological polar surface area (TPSA) is 56.6 Å². The van der Waals surface area contributed by atoms with Gasteiger partial charge in [0.15, 0.2) is 0 Å². The Morgan fingerprint density at radius 1 is 1.12 bits per heavy atom. The molecule has 5 heteroatoms. The number of aryl methyl sites for hydroxylation is 1. The number of aromatic nitrogens is 1. The number of hydrogen-bond donors (Lipinski definition) is 1. The first-order valence-electron chi connectivity index (χ1n) is 7.20. The van der Waals surface area contributed by atoms with E-state index in [9.17, 15) is 10.1 Å². The molecule has 0 aliphatic heterocycles. The summed E-state index contributed by atoms with van der Waals surface area (Å²) in [6.07, 6.45) is 1.44. The van der Waals surface area contributed by atoms with E-state index in [-0.39, 0.29) is 11.4 Å². The minimum absolute atomic E-state index is 0.0159. The number of benzene rings is 2. The van der Waals surface area contributed by atoms with Gasteiger partial charge in [0.05, 0.1) is 5.56 Å². The fraction of sp³-hybridized carbons (Fsp3) is 0.0526. The monoisotopic (exact) mass is 354 g/mol. The molecule has 1 heterocycles. The normalized spacial score (nSPS) is 11.5. The van der Waals surface area contributed by atoms with Gasteiger partial charge >= 0.3 is 0 Å². The number of carbonyl (C=O) groups excluding carboxylic acids is 1. The number of hydrogen-bond acceptors (Lipinski definition) is 2. The number of halogens is 2. The quantitative estimate of drug-likeness (QED) is 0.379. The van der Waals surface area contributed by atoms with Crippen molar-refractivity contribution in [3.05, 3.63) is 74.9 Å². The minimum Gasteiger partial charge on any atom is -0.358 e. The van der Waals surface area contributed by atoms with Crippen LogP contribution in [0.4, 0.5) is 0 Å². The minimum atomic E-state index is -0.358. The smallest absolute Gasteiger partial charge is 0.205 e. The van der Waals surface area contributed by atoms with Gasteiger partial charge in [0.25, 0.3) is 0 Å². The van der Waals surface area contributed by atoms with Crippen molar-refractivity contribution in [3.63, 3.8) is 0 Å². The van der Waals surface area contributed by atoms with Crippen LogP contribution >= 0.6 is 23.2 Å². The van der Waals surface area contributed by atoms with Gasteiger partial charge in [0.1, 0.15) is 11.6 Å². The van der Waals surface area contributed by atoms with Crippen molar-refractivity contribution < 1.29 is 4.79 Å². The van der Waals surface area contributed by atoms with Crippen LogP contribution in [0.25, 0.3) is 17.0 Å². The summed E-state index contributed by atoms with van der Waals surface area (Å²) in [4.78, 5) is 16.1. The van der Waals surface area contributed by atoms with Crippen molar-refractivity contribution in [2.75, 3.05) is 0 Å². The Morgan fingerprint density at radius 3 is 2.46 bits per heavy atom. The summed E-state index contributed by atoms with van der Waals surface area (Å²) in [5.74, 6) is -0.358. The zero-order valence-electron chi connectivity index (χ0n) is 12.7. The maximum Gasteiger partial charge on any atom is 0.205 e. The third kappa shape index (κ3) is 2.82. The van der Waals surface area contributed by atoms with Gasteiger partial charge in [-0.05, 0) is 31.2 Å². The Balaban J connectivity index is 2.15. The van der Waals surface area contributed by atoms with Crippen LogP contribution in [0.15, 0.2) is 48.0 Å². The first-order chi connectivity index (χ1) is 11.5. The fourth-order valence-electron chi connectivity index (χ4n) is 2.65. The first-order valence-corrected chi connectivity index (χ1v) is 7.96. The molecule has 1 N–H and O–H groups in total. The van der Waals surface area contributed by atoms with Crippen LogP contribution in [0.5, 0.6) is 0 Å². The van der Waals surface area contributed by atoms with Crippen LogP contribution in [0.3, 0.4) is 0 Å². The zero-order chi connectivity index (χ0) is 17.3. The van der Waals surface area contributed by atoms with Gasteiger partial charge in [-0.2, -0.15) is 5.26 Å². The number of ketones is 1. The van der Waals surface area contributed by atoms with Gasteiger partial charge < -0.3 is 4.98 Å². The molecule has 0 bridgehead atoms. The summed E-state index contributed by atoms with van der Waals surface area (Å²) < 4.78 is 0. The molecule has 3 nitrogen and oxygen atoms in total. The van der Waals surface area contributed by atoms with Gasteiger partial charge in [0, 0.05) is 32.2 Å². The number of nitrogens with one attached hydrogen (secondary N) is 1. The highest BCUT2D eigenvalue weighted by Gasteiger charge is 2.20. The van der Waals surface area contributed by atoms with E-state index in [1.165, 1.54) is 6.08 Å². The highest BCUT2D eigenvalue weighted by molar-refractivity contribution is 6.37. The second-order valence-electron chi connectivity index (χ2n) is 5.30. The molecule has 0 aliphatic rings. The number of Topliss-reactive ketones (excluding diaryl/α,β-unsaturated/α-hetero) is 1. The summed E-state index contributed by atoms with van der Waals surface area (Å²) in [6.45, 7) is 1.81. The second kappa shape index (κ2) is 6.52. The standard InChI is InChI=1S/C19H12Cl2N2O/c1-11-18(13-5-2-3-8-17(13)23-11)19(24)12(10-22)9-14-15(20)6-4-7-16(14)21/h2-9,23H,1H3/b12-9-. The molecule has 0 atom stereocenters. The number of fused-ring (bicyclic) bond motifs is 1. The molecule has 2 aromatic carbocycles. The molecular formula is C19H12Cl2N2O. The maximum absolute atomic E-state index is 12.9. The molecule has 0 aliphatic carbocycles. The number of nitrogens with zero attached hydrogens (tertiary/aromatic N) is 1. The van der Waals surface area contributed by atoms with E-state index >= 15 is 0 Å². The van der Waals surface area contributed by atoms with Crippen molar-refractivity contribution in [1.29, 1.82) is 5.26 Å². The van der Waals surface area contributed by atoms with Crippen molar-refractivity contribution >= 4 is 46.0 Å². The van der Waals surface area contributed by atoms with E-state index in [0.29, 0.717) is 26.9 Å². The molecule has 0 fully saturated rings. The summed E-state index contributed by atoms with van der Waals surface area (Å²) >= 11 is 12.3. The summed E-state index contributed by atoms with van der Waals surface area (Å²) in [5, 5.41) is 11.0. The predicted molar refractivity (Wildman–Crippen MR) is 97.4 cm³/mol. The van der Waals surface area contributed by atoms with E-state index in [0.717, 1.165) is 10.9 Å². The second-order valence-corrected chi connectivity index (χ2v) is 6.12. The molecule has 3 aromatic rings. The molecule has 3 rings (SSSR count). The number of rotatable bonds is 3. The van der Waals surface area contributed by atoms with Crippen LogP contribution in [0.1, 0.15) is 21.6 Å². The van der Waals surface area contributed by atoms with Crippen molar-refractivity contribution in [3.8, 4) is 6.07 Å². The molecule has 0 saturated heterocycles. The Bertz CT molecular complexity index is 1010. The van der Waals surface area contributed by atoms with E-state index in [4.69, 9.17) is 23.2 Å². The summed E-state index contributed by atoms with van der Waals surface area (Å²) in [6, 6.07) is 14.5. The van der Waals surface area contributed by atoms with Gasteiger partial charge in [-0.25, -0.2) is 0 Å². The van der Waals surface area contributed by atoms with Gasteiger partial charge in [0.2, 0.25) is 5.78 Å². The van der Waals surface area contributed by atoms with Crippen molar-refractivity contribution in [2.24, 2.45) is 0 Å². The van der Waals surface area contributed by atoms with E-state index in [2.05, 4.69) is 4.98 Å². The Labute approximate surface area is 149 Å². The number of carbonyl (C=O) groups is 1. The van der Waals surface area contributed by atoms with Crippen LogP contribution in [-0.4, -0.2) is 10.8 Å². The summed E-state index contributed by atoms with van der Waals surface area (Å²) in [7, 11) is 0. The molecule has 0 saturated carbocycles. The molecule has 1 aromatic heterocycles. The van der Waals surface area contributed by atoms with Gasteiger partial charge in [-0.3, -0.25) is 4.79 Å². The lowest BCUT2D eigenvalue weighted by Crippen LogP contribution is -2.03. The summed E-state index contributed by atoms with van der Waals surface area (Å²) in [5.41, 5.74) is 2.50. The molecule has 0 unspecified atom stereocenters. The first kappa shape index (κ1) is 16.3. The van der Waals surface area contributed by atoms with Crippen LogP contribution in [0, 0.1) is 18.3 Å². The van der Waals surface area contributed by atoms with Crippen LogP contribution < -0.4 is 0 Å². The van der Waals surface area contributed by atoms with Crippen molar-refractivity contribution in [2.45, 2.75) is 6.92 Å². The maximum atomic E-state index is 12.9. The highest BCUT2D eigenvalue weighted by atomic mass is 35.5. The number of para-hydroxylation sites is 1. The van der Waals surface area contributed by atoms with Crippen LogP contribution in [-0.2, 0) is 0 Å². The SMILES string of the molecule is Cc1[nH]c2ccccc2c1C(=O)/C(C#N)=C\c1c(Cl)cccc1Cl. The number of nitriles is 1. The molecule has 0 amide bonds. The average molecular weight is 355 g/mol. The number of allylic oxidation sites excluding steroid dienone is 1. The third-order valence-electron chi connectivity index (χ3n) is 3.77. The third-order valence-corrected chi connectivity index (χ3v) is 4.43. The number of aromatic amines is 1. The molecular weight excluding hydrogens is 343 g/mol. The fourth-order valence-corrected chi connectivity index (χ4v) is 3.15. The van der Waals surface area contributed by atoms with E-state index in [1.807, 2.05) is 37.3 Å². The Hall–Kier alpha value is -2.54.